The van der Waals surface area contributed by atoms with Gasteiger partial charge in [-0.3, -0.25) is 4.98 Å². The van der Waals surface area contributed by atoms with Crippen LogP contribution < -0.4 is 5.19 Å². The minimum Gasteiger partial charge on any atom is -0.501 e. The van der Waals surface area contributed by atoms with E-state index in [1.54, 1.807) is 12.1 Å². The molecule has 9 rings (SSSR count). The summed E-state index contributed by atoms with van der Waals surface area (Å²) in [5.74, 6) is 1.02. The second kappa shape index (κ2) is 17.3. The molecule has 6 aromatic carbocycles. The number of pyridine rings is 1. The Hall–Kier alpha value is -5.46. The van der Waals surface area contributed by atoms with Crippen molar-refractivity contribution in [2.45, 2.75) is 66.1 Å². The molecule has 0 aliphatic rings. The Bertz CT molecular complexity index is 2920. The number of benzene rings is 6. The van der Waals surface area contributed by atoms with Gasteiger partial charge in [0.05, 0.1) is 36.2 Å². The van der Waals surface area contributed by atoms with Crippen molar-refractivity contribution in [3.05, 3.63) is 169 Å². The Balaban J connectivity index is 0.000000220. The van der Waals surface area contributed by atoms with Crippen molar-refractivity contribution < 1.29 is 28.9 Å². The summed E-state index contributed by atoms with van der Waals surface area (Å²) < 4.78 is 23.3. The van der Waals surface area contributed by atoms with Gasteiger partial charge in [0.25, 0.3) is 0 Å². The molecule has 1 radical (unpaired) electrons. The molecule has 0 amide bonds. The molecule has 4 nitrogen and oxygen atoms in total. The van der Waals surface area contributed by atoms with E-state index in [0.717, 1.165) is 62.0 Å². The van der Waals surface area contributed by atoms with E-state index in [-0.39, 0.29) is 31.3 Å². The van der Waals surface area contributed by atoms with E-state index >= 15 is 0 Å². The van der Waals surface area contributed by atoms with Gasteiger partial charge in [-0.1, -0.05) is 144 Å². The average Bonchev–Trinajstić information content (AvgIpc) is 3.79. The SMILES string of the molecule is CC(C)(C)c1cccc(-c2ccccc2)c1-n1c(-c2[c-]ccc3c2oc2ccccc23)nc2ccc(F)cc21.CC(C)Cc1cc(-c2[c-]cccc2)ncc1[Si](C)(C)C.[Ir]. The first-order valence-electron chi connectivity index (χ1n) is 20.4. The van der Waals surface area contributed by atoms with E-state index in [1.807, 2.05) is 66.7 Å². The van der Waals surface area contributed by atoms with Gasteiger partial charge in [0.1, 0.15) is 11.4 Å². The summed E-state index contributed by atoms with van der Waals surface area (Å²) in [6, 6.07) is 50.4. The van der Waals surface area contributed by atoms with E-state index in [4.69, 9.17) is 9.40 Å². The zero-order chi connectivity index (χ0) is 41.5. The molecule has 0 saturated carbocycles. The summed E-state index contributed by atoms with van der Waals surface area (Å²) >= 11 is 0. The first kappa shape index (κ1) is 42.7. The van der Waals surface area contributed by atoms with Crippen molar-refractivity contribution in [2.75, 3.05) is 0 Å². The monoisotopic (exact) mass is 984 g/mol. The van der Waals surface area contributed by atoms with Gasteiger partial charge in [-0.25, -0.2) is 4.39 Å². The van der Waals surface area contributed by atoms with Gasteiger partial charge in [0.2, 0.25) is 0 Å². The molecule has 0 unspecified atom stereocenters. The summed E-state index contributed by atoms with van der Waals surface area (Å²) in [6.45, 7) is 18.3. The largest absolute Gasteiger partial charge is 0.501 e. The van der Waals surface area contributed by atoms with E-state index in [1.165, 1.54) is 16.8 Å². The van der Waals surface area contributed by atoms with Crippen LogP contribution in [0.2, 0.25) is 19.6 Å². The second-order valence-corrected chi connectivity index (χ2v) is 22.8. The van der Waals surface area contributed by atoms with Crippen molar-refractivity contribution >= 4 is 46.2 Å². The smallest absolute Gasteiger partial charge is 0.125 e. The van der Waals surface area contributed by atoms with Crippen molar-refractivity contribution in [3.8, 4) is 39.5 Å². The number of aromatic nitrogens is 3. The van der Waals surface area contributed by atoms with Crippen LogP contribution in [0.5, 0.6) is 0 Å². The molecule has 0 saturated heterocycles. The fourth-order valence-electron chi connectivity index (χ4n) is 8.02. The molecule has 0 N–H and O–H groups in total. The number of nitrogens with zero attached hydrogens (tertiary/aromatic N) is 3. The minimum absolute atomic E-state index is 0. The molecule has 7 heteroatoms. The van der Waals surface area contributed by atoms with Crippen LogP contribution in [-0.2, 0) is 31.9 Å². The van der Waals surface area contributed by atoms with Gasteiger partial charge in [0.15, 0.2) is 0 Å². The minimum atomic E-state index is -1.34. The van der Waals surface area contributed by atoms with E-state index in [9.17, 15) is 4.39 Å². The number of imidazole rings is 1. The quantitative estimate of drug-likeness (QED) is 0.118. The molecular weight excluding hydrogens is 934 g/mol. The molecule has 0 fully saturated rings. The number of hydrogen-bond acceptors (Lipinski definition) is 3. The number of hydrogen-bond donors (Lipinski definition) is 0. The van der Waals surface area contributed by atoms with E-state index < -0.39 is 8.07 Å². The van der Waals surface area contributed by atoms with Crippen LogP contribution in [0, 0.1) is 23.9 Å². The Morgan fingerprint density at radius 3 is 2.25 bits per heavy atom. The standard InChI is InChI=1S/C35H26FN2O.C18H24NSi.Ir/c1-35(2,3)28-17-10-14-24(22-11-5-4-6-12-22)32(28)38-30-21-23(36)19-20-29(30)37-34(38)27-16-9-15-26-25-13-7-8-18-31(25)39-33(26)27;1-14(2)11-16-12-17(15-9-7-6-8-10-15)19-13-18(16)20(3,4)5;/h4-15,17-21H,1-3H3;6-9,12-14H,11H2,1-5H3;/q2*-1;. The second-order valence-electron chi connectivity index (χ2n) is 17.8. The summed E-state index contributed by atoms with van der Waals surface area (Å²) in [5, 5.41) is 3.53. The molecule has 3 heterocycles. The van der Waals surface area contributed by atoms with Crippen LogP contribution in [0.25, 0.3) is 72.4 Å². The predicted octanol–water partition coefficient (Wildman–Crippen LogP) is 13.8. The Labute approximate surface area is 367 Å². The first-order chi connectivity index (χ1) is 28.3. The zero-order valence-electron chi connectivity index (χ0n) is 35.5. The average molecular weight is 984 g/mol. The van der Waals surface area contributed by atoms with Gasteiger partial charge in [-0.15, -0.1) is 54.1 Å². The maximum atomic E-state index is 14.8. The molecule has 60 heavy (non-hydrogen) atoms. The van der Waals surface area contributed by atoms with Gasteiger partial charge in [-0.2, -0.15) is 0 Å². The Morgan fingerprint density at radius 1 is 0.783 bits per heavy atom. The Morgan fingerprint density at radius 2 is 1.53 bits per heavy atom. The maximum absolute atomic E-state index is 14.8. The maximum Gasteiger partial charge on any atom is 0.125 e. The fourth-order valence-corrected chi connectivity index (χ4v) is 9.61. The molecule has 305 valence electrons. The molecule has 0 spiro atoms. The molecule has 0 aliphatic heterocycles. The topological polar surface area (TPSA) is 43.9 Å². The van der Waals surface area contributed by atoms with Crippen LogP contribution in [0.1, 0.15) is 45.7 Å². The molecule has 0 atom stereocenters. The van der Waals surface area contributed by atoms with Crippen LogP contribution in [-0.4, -0.2) is 22.6 Å². The van der Waals surface area contributed by atoms with Gasteiger partial charge < -0.3 is 14.0 Å². The van der Waals surface area contributed by atoms with Gasteiger partial charge in [0, 0.05) is 37.3 Å². The summed E-state index contributed by atoms with van der Waals surface area (Å²) in [7, 11) is -1.34. The molecule has 3 aromatic heterocycles. The summed E-state index contributed by atoms with van der Waals surface area (Å²) in [6.07, 6.45) is 3.24. The Kier molecular flexibility index (Phi) is 12.3. The molecule has 9 aromatic rings. The number of halogens is 1. The number of fused-ring (bicyclic) bond motifs is 4. The predicted molar refractivity (Wildman–Crippen MR) is 247 cm³/mol. The molecular formula is C53H50FIrN3OSi-2. The van der Waals surface area contributed by atoms with Crippen molar-refractivity contribution in [1.82, 2.24) is 14.5 Å². The third-order valence-electron chi connectivity index (χ3n) is 10.7. The van der Waals surface area contributed by atoms with Crippen molar-refractivity contribution in [2.24, 2.45) is 5.92 Å². The summed E-state index contributed by atoms with van der Waals surface area (Å²) in [4.78, 5) is 9.77. The van der Waals surface area contributed by atoms with Gasteiger partial charge in [-0.05, 0) is 64.0 Å². The number of furan rings is 1. The van der Waals surface area contributed by atoms with Crippen LogP contribution in [0.4, 0.5) is 4.39 Å². The van der Waals surface area contributed by atoms with E-state index in [0.29, 0.717) is 28.4 Å². The van der Waals surface area contributed by atoms with E-state index in [2.05, 4.69) is 131 Å². The zero-order valence-corrected chi connectivity index (χ0v) is 38.9. The number of rotatable bonds is 7. The third-order valence-corrected chi connectivity index (χ3v) is 12.8. The molecule has 0 bridgehead atoms. The normalized spacial score (nSPS) is 11.8. The number of para-hydroxylation sites is 2. The summed E-state index contributed by atoms with van der Waals surface area (Å²) in [5.41, 5.74) is 11.3. The third kappa shape index (κ3) is 8.58. The first-order valence-corrected chi connectivity index (χ1v) is 23.9. The van der Waals surface area contributed by atoms with Gasteiger partial charge >= 0.3 is 0 Å². The van der Waals surface area contributed by atoms with Crippen LogP contribution in [0.15, 0.2) is 144 Å². The van der Waals surface area contributed by atoms with Crippen molar-refractivity contribution in [3.63, 3.8) is 0 Å². The van der Waals surface area contributed by atoms with Crippen LogP contribution >= 0.6 is 0 Å². The van der Waals surface area contributed by atoms with Crippen molar-refractivity contribution in [1.29, 1.82) is 0 Å². The fraction of sp³-hybridized carbons (Fsp3) is 0.208. The molecule has 0 aliphatic carbocycles. The van der Waals surface area contributed by atoms with Crippen LogP contribution in [0.3, 0.4) is 0 Å².